The summed E-state index contributed by atoms with van der Waals surface area (Å²) in [6, 6.07) is 25.1. The van der Waals surface area contributed by atoms with Crippen molar-refractivity contribution in [3.63, 3.8) is 0 Å². The number of carbonyl (C=O) groups is 2. The van der Waals surface area contributed by atoms with E-state index >= 15 is 0 Å². The van der Waals surface area contributed by atoms with Crippen molar-refractivity contribution in [3.8, 4) is 5.75 Å². The number of aromatic nitrogens is 4. The number of benzene rings is 4. The second-order valence-corrected chi connectivity index (χ2v) is 11.6. The molecule has 8 rings (SSSR count). The van der Waals surface area contributed by atoms with E-state index in [-0.39, 0.29) is 42.2 Å². The van der Waals surface area contributed by atoms with Gasteiger partial charge >= 0.3 is 0 Å². The van der Waals surface area contributed by atoms with Gasteiger partial charge in [0, 0.05) is 17.8 Å². The fourth-order valence-electron chi connectivity index (χ4n) is 6.96. The Morgan fingerprint density at radius 2 is 1.58 bits per heavy atom. The van der Waals surface area contributed by atoms with Gasteiger partial charge in [0.1, 0.15) is 11.6 Å². The number of aromatic amines is 1. The molecule has 2 saturated heterocycles. The summed E-state index contributed by atoms with van der Waals surface area (Å²) in [6.07, 6.45) is 4.79. The summed E-state index contributed by atoms with van der Waals surface area (Å²) in [5.41, 5.74) is 6.67. The highest BCUT2D eigenvalue weighted by Gasteiger charge is 2.43. The number of nitrogens with one attached hydrogen (secondary N) is 1. The molecule has 3 atom stereocenters. The fraction of sp³-hybridized carbons (Fsp3) is 0.200. The van der Waals surface area contributed by atoms with Gasteiger partial charge in [-0.15, -0.1) is 0 Å². The van der Waals surface area contributed by atoms with Crippen LogP contribution in [0.4, 0.5) is 15.8 Å². The van der Waals surface area contributed by atoms with Crippen molar-refractivity contribution in [3.05, 3.63) is 115 Å². The van der Waals surface area contributed by atoms with Crippen LogP contribution in [0, 0.1) is 5.82 Å². The van der Waals surface area contributed by atoms with Gasteiger partial charge in [0.2, 0.25) is 11.8 Å². The smallest absolute Gasteiger partial charge is 0.229 e. The van der Waals surface area contributed by atoms with Gasteiger partial charge in [-0.2, -0.15) is 0 Å². The molecule has 224 valence electrons. The van der Waals surface area contributed by atoms with Gasteiger partial charge in [-0.1, -0.05) is 24.3 Å². The molecule has 9 nitrogen and oxygen atoms in total. The zero-order valence-electron chi connectivity index (χ0n) is 24.4. The van der Waals surface area contributed by atoms with E-state index in [2.05, 4.69) is 14.5 Å². The van der Waals surface area contributed by atoms with Crippen molar-refractivity contribution >= 4 is 45.3 Å². The molecule has 4 heterocycles. The molecular weight excluding hydrogens is 571 g/mol. The number of hydrogen-bond donors (Lipinski definition) is 1. The van der Waals surface area contributed by atoms with Gasteiger partial charge in [-0.05, 0) is 78.2 Å². The Balaban J connectivity index is 1.19. The molecule has 0 aliphatic carbocycles. The summed E-state index contributed by atoms with van der Waals surface area (Å²) in [4.78, 5) is 42.8. The SMILES string of the molecule is COc1ccc(C2C(n3cnc4cc(N5C(=O)CCC5c5ccc(F)cc5)ccc43)CC(=O)N2c2ccc3nc[nH]c3c2)cc1. The maximum Gasteiger partial charge on any atom is 0.229 e. The predicted molar refractivity (Wildman–Crippen MR) is 169 cm³/mol. The van der Waals surface area contributed by atoms with E-state index in [1.807, 2.05) is 65.6 Å². The molecule has 2 fully saturated rings. The number of ether oxygens (including phenoxy) is 1. The summed E-state index contributed by atoms with van der Waals surface area (Å²) in [6.45, 7) is 0. The third-order valence-electron chi connectivity index (χ3n) is 9.10. The van der Waals surface area contributed by atoms with Crippen LogP contribution >= 0.6 is 0 Å². The van der Waals surface area contributed by atoms with E-state index in [1.165, 1.54) is 12.1 Å². The van der Waals surface area contributed by atoms with Crippen molar-refractivity contribution in [2.45, 2.75) is 37.4 Å². The number of hydrogen-bond acceptors (Lipinski definition) is 5. The second-order valence-electron chi connectivity index (χ2n) is 11.6. The molecule has 2 aliphatic rings. The van der Waals surface area contributed by atoms with E-state index < -0.39 is 0 Å². The summed E-state index contributed by atoms with van der Waals surface area (Å²) >= 11 is 0. The Labute approximate surface area is 257 Å². The number of methoxy groups -OCH3 is 1. The van der Waals surface area contributed by atoms with Crippen molar-refractivity contribution in [2.24, 2.45) is 0 Å². The van der Waals surface area contributed by atoms with E-state index in [0.717, 1.165) is 50.3 Å². The van der Waals surface area contributed by atoms with Crippen LogP contribution in [0.1, 0.15) is 48.5 Å². The topological polar surface area (TPSA) is 96.3 Å². The largest absolute Gasteiger partial charge is 0.497 e. The lowest BCUT2D eigenvalue weighted by Gasteiger charge is -2.30. The lowest BCUT2D eigenvalue weighted by atomic mass is 9.99. The summed E-state index contributed by atoms with van der Waals surface area (Å²) in [5, 5.41) is 0. The first kappa shape index (κ1) is 27.1. The highest BCUT2D eigenvalue weighted by molar-refractivity contribution is 6.00. The number of rotatable bonds is 6. The van der Waals surface area contributed by atoms with Crippen LogP contribution in [-0.4, -0.2) is 38.4 Å². The molecule has 2 aliphatic heterocycles. The number of halogens is 1. The number of amides is 2. The lowest BCUT2D eigenvalue weighted by Crippen LogP contribution is -2.29. The Morgan fingerprint density at radius 1 is 0.822 bits per heavy atom. The average molecular weight is 601 g/mol. The first-order chi connectivity index (χ1) is 22.0. The zero-order chi connectivity index (χ0) is 30.7. The number of anilines is 2. The molecule has 6 aromatic rings. The van der Waals surface area contributed by atoms with Gasteiger partial charge in [-0.3, -0.25) is 9.59 Å². The minimum Gasteiger partial charge on any atom is -0.497 e. The van der Waals surface area contributed by atoms with E-state index in [1.54, 1.807) is 36.8 Å². The molecule has 4 aromatic carbocycles. The minimum absolute atomic E-state index is 0.00274. The van der Waals surface area contributed by atoms with Gasteiger partial charge < -0.3 is 24.1 Å². The summed E-state index contributed by atoms with van der Waals surface area (Å²) < 4.78 is 21.1. The fourth-order valence-corrected chi connectivity index (χ4v) is 6.96. The molecule has 1 N–H and O–H groups in total. The first-order valence-electron chi connectivity index (χ1n) is 14.9. The maximum absolute atomic E-state index is 13.8. The molecule has 0 saturated carbocycles. The number of H-pyrrole nitrogens is 1. The van der Waals surface area contributed by atoms with E-state index in [0.29, 0.717) is 12.8 Å². The molecule has 10 heteroatoms. The molecule has 0 spiro atoms. The van der Waals surface area contributed by atoms with Crippen LogP contribution in [0.2, 0.25) is 0 Å². The quantitative estimate of drug-likeness (QED) is 0.231. The molecule has 2 aromatic heterocycles. The Kier molecular flexibility index (Phi) is 6.37. The van der Waals surface area contributed by atoms with E-state index in [9.17, 15) is 14.0 Å². The highest BCUT2D eigenvalue weighted by Crippen LogP contribution is 2.46. The first-order valence-corrected chi connectivity index (χ1v) is 14.9. The van der Waals surface area contributed by atoms with Crippen molar-refractivity contribution in [1.29, 1.82) is 0 Å². The zero-order valence-corrected chi connectivity index (χ0v) is 24.4. The Bertz CT molecular complexity index is 2070. The monoisotopic (exact) mass is 600 g/mol. The van der Waals surface area contributed by atoms with Crippen LogP contribution in [0.15, 0.2) is 97.6 Å². The summed E-state index contributed by atoms with van der Waals surface area (Å²) in [5.74, 6) is 0.457. The molecule has 3 unspecified atom stereocenters. The average Bonchev–Trinajstić information content (AvgIpc) is 3.85. The van der Waals surface area contributed by atoms with Crippen LogP contribution in [0.25, 0.3) is 22.1 Å². The summed E-state index contributed by atoms with van der Waals surface area (Å²) in [7, 11) is 1.63. The molecule has 0 bridgehead atoms. The lowest BCUT2D eigenvalue weighted by molar-refractivity contribution is -0.118. The van der Waals surface area contributed by atoms with Gasteiger partial charge in [0.05, 0.1) is 66.4 Å². The van der Waals surface area contributed by atoms with Crippen molar-refractivity contribution < 1.29 is 18.7 Å². The number of nitrogens with zero attached hydrogens (tertiary/aromatic N) is 5. The molecular formula is C35H29FN6O3. The van der Waals surface area contributed by atoms with E-state index in [4.69, 9.17) is 9.72 Å². The Hall–Kier alpha value is -5.51. The van der Waals surface area contributed by atoms with Gasteiger partial charge in [0.25, 0.3) is 0 Å². The number of carbonyl (C=O) groups excluding carboxylic acids is 2. The number of fused-ring (bicyclic) bond motifs is 2. The molecule has 45 heavy (non-hydrogen) atoms. The second kappa shape index (κ2) is 10.6. The molecule has 0 radical (unpaired) electrons. The standard InChI is InChI=1S/C35H29FN6O3/c1-45-26-10-4-22(5-11-26)35-32(18-34(44)42(35)25-8-12-27-28(16-25)38-19-37-27)40-20-39-29-17-24(9-13-31(29)40)41-30(14-15-33(41)43)21-2-6-23(36)7-3-21/h2-13,16-17,19-20,30,32,35H,14-15,18H2,1H3,(H,37,38). The predicted octanol–water partition coefficient (Wildman–Crippen LogP) is 6.65. The molecule has 2 amide bonds. The van der Waals surface area contributed by atoms with Crippen LogP contribution in [0.3, 0.4) is 0 Å². The normalized spacial score (nSPS) is 20.2. The third-order valence-corrected chi connectivity index (χ3v) is 9.10. The minimum atomic E-state index is -0.316. The van der Waals surface area contributed by atoms with Crippen LogP contribution in [0.5, 0.6) is 5.75 Å². The van der Waals surface area contributed by atoms with Crippen molar-refractivity contribution in [2.75, 3.05) is 16.9 Å². The van der Waals surface area contributed by atoms with Crippen molar-refractivity contribution in [1.82, 2.24) is 19.5 Å². The number of imidazole rings is 2. The Morgan fingerprint density at radius 3 is 2.38 bits per heavy atom. The third kappa shape index (κ3) is 4.52. The van der Waals surface area contributed by atoms with Crippen LogP contribution in [-0.2, 0) is 9.59 Å². The maximum atomic E-state index is 13.8. The van der Waals surface area contributed by atoms with Gasteiger partial charge in [0.15, 0.2) is 0 Å². The van der Waals surface area contributed by atoms with Crippen LogP contribution < -0.4 is 14.5 Å². The van der Waals surface area contributed by atoms with Gasteiger partial charge in [-0.25, -0.2) is 14.4 Å². The highest BCUT2D eigenvalue weighted by atomic mass is 19.1.